The van der Waals surface area contributed by atoms with Gasteiger partial charge in [0.2, 0.25) is 23.6 Å². The molecule has 0 aromatic heterocycles. The molecule has 16 unspecified atom stereocenters. The van der Waals surface area contributed by atoms with Gasteiger partial charge in [0.1, 0.15) is 48.2 Å². The van der Waals surface area contributed by atoms with Gasteiger partial charge in [0, 0.05) is 128 Å². The number of Topliss-reactive ketones (excluding diaryl/α,β-unsaturated/α-hetero) is 2. The molecule has 0 aromatic carbocycles. The normalized spacial score (nSPS) is 25.5. The maximum Gasteiger partial charge on any atom is 0.407 e. The SMILES string of the molecule is COC[C@H]1C[C@H](OC)CN1C(=O)CCCCC(=O)CCC(=O)NC(CCCCCOC(=O)CCCCCCCNC(=O)CCCOC1OC(CO)C(O)C(O)C1C)(CCCOC(=O)CCCCCCCNC(=O)CCCOC1OC(CO)C(O)C(O)C1C)CCCOC(=O)NCCCCCCCC(=O)CCCOC1OC(CO)C(O)C(O)C1C. The van der Waals surface area contributed by atoms with Crippen molar-refractivity contribution < 1.29 is 141 Å². The summed E-state index contributed by atoms with van der Waals surface area (Å²) in [6.45, 7) is 6.78. The zero-order valence-electron chi connectivity index (χ0n) is 71.9. The highest BCUT2D eigenvalue weighted by Gasteiger charge is 2.45. The Morgan fingerprint density at radius 3 is 1.23 bits per heavy atom. The largest absolute Gasteiger partial charge is 0.466 e. The number of aliphatic hydroxyl groups is 9. The van der Waals surface area contributed by atoms with Gasteiger partial charge in [0.05, 0.1) is 96.5 Å². The first-order valence-corrected chi connectivity index (χ1v) is 44.4. The van der Waals surface area contributed by atoms with Crippen molar-refractivity contribution in [3.63, 3.8) is 0 Å². The van der Waals surface area contributed by atoms with Crippen molar-refractivity contribution in [3.05, 3.63) is 0 Å². The van der Waals surface area contributed by atoms with Gasteiger partial charge in [-0.2, -0.15) is 0 Å². The molecule has 0 spiro atoms. The van der Waals surface area contributed by atoms with Crippen LogP contribution in [-0.4, -0.2) is 302 Å². The third-order valence-corrected chi connectivity index (χ3v) is 22.9. The first-order valence-electron chi connectivity index (χ1n) is 44.4. The molecule has 18 atom stereocenters. The van der Waals surface area contributed by atoms with Gasteiger partial charge in [-0.15, -0.1) is 0 Å². The maximum atomic E-state index is 14.2. The van der Waals surface area contributed by atoms with Gasteiger partial charge < -0.3 is 124 Å². The Morgan fingerprint density at radius 2 is 0.765 bits per heavy atom. The summed E-state index contributed by atoms with van der Waals surface area (Å²) < 4.78 is 61.8. The van der Waals surface area contributed by atoms with Crippen molar-refractivity contribution in [2.24, 2.45) is 17.8 Å². The van der Waals surface area contributed by atoms with Crippen LogP contribution in [0, 0.1) is 17.8 Å². The highest BCUT2D eigenvalue weighted by Crippen LogP contribution is 2.32. The number of nitrogens with one attached hydrogen (secondary N) is 4. The highest BCUT2D eigenvalue weighted by molar-refractivity contribution is 5.85. The minimum atomic E-state index is -1.23. The summed E-state index contributed by atoms with van der Waals surface area (Å²) in [5, 5.41) is 101. The molecule has 0 aromatic rings. The lowest BCUT2D eigenvalue weighted by Crippen LogP contribution is -2.55. The van der Waals surface area contributed by atoms with Crippen molar-refractivity contribution in [2.75, 3.05) is 106 Å². The van der Waals surface area contributed by atoms with Gasteiger partial charge in [-0.1, -0.05) is 85.0 Å². The van der Waals surface area contributed by atoms with Crippen LogP contribution < -0.4 is 21.3 Å². The van der Waals surface area contributed by atoms with Crippen molar-refractivity contribution in [2.45, 2.75) is 363 Å². The zero-order chi connectivity index (χ0) is 87.2. The maximum absolute atomic E-state index is 14.2. The Morgan fingerprint density at radius 1 is 0.387 bits per heavy atom. The van der Waals surface area contributed by atoms with E-state index in [4.69, 9.17) is 52.1 Å². The van der Waals surface area contributed by atoms with Crippen LogP contribution in [0.1, 0.15) is 271 Å². The standard InChI is InChI=1S/C85H151N5O29/c1-59-75(102)78(105)66(55-91)117-81(59)113-48-26-33-63(94)31-16-9-6-14-24-46-88-84(108)116-52-30-43-85(89-71(98)40-39-64(95)32-19-20-36-72(99)90-54-65(110-5)53-62(90)58-109-4,42-29-51-112-74(101)38-18-11-8-13-23-45-87-70(97)35-28-50-115-83-61(3)77(104)80(107)68(57-93)119-83)41-21-15-25-47-111-73(100)37-17-10-7-12-22-44-86-69(96)34-27-49-114-82-60(2)76(103)79(106)67(56-92)118-82/h59-62,65-68,75-83,91-93,102-107H,6-58H2,1-5H3,(H,86,96)(H,87,97)(H,88,108)(H,89,98)/t59?,60?,61?,62-,65+,66?,67?,68?,75?,76?,77?,78?,79?,80?,81?,82?,83?,85?/m1/s1. The molecule has 34 nitrogen and oxygen atoms in total. The van der Waals surface area contributed by atoms with E-state index in [0.29, 0.717) is 155 Å². The third kappa shape index (κ3) is 43.3. The number of unbranched alkanes of at least 4 members (excludes halogenated alkanes) is 15. The topological polar surface area (TPSA) is 489 Å². The predicted octanol–water partition coefficient (Wildman–Crippen LogP) is 5.39. The number of carbonyl (C=O) groups is 9. The van der Waals surface area contributed by atoms with Crippen LogP contribution in [0.5, 0.6) is 0 Å². The Hall–Kier alpha value is -5.25. The van der Waals surface area contributed by atoms with E-state index in [1.165, 1.54) is 0 Å². The number of ether oxygens (including phenoxy) is 11. The number of carbonyl (C=O) groups excluding carboxylic acids is 9. The number of esters is 2. The number of amides is 5. The van der Waals surface area contributed by atoms with E-state index < -0.39 is 123 Å². The molecule has 4 aliphatic rings. The van der Waals surface area contributed by atoms with E-state index in [1.807, 2.05) is 0 Å². The molecule has 0 bridgehead atoms. The number of aliphatic hydroxyl groups excluding tert-OH is 9. The van der Waals surface area contributed by atoms with Crippen LogP contribution in [0.2, 0.25) is 0 Å². The molecule has 4 saturated heterocycles. The lowest BCUT2D eigenvalue weighted by atomic mass is 9.83. The number of nitrogens with zero attached hydrogens (tertiary/aromatic N) is 1. The lowest BCUT2D eigenvalue weighted by molar-refractivity contribution is -0.282. The van der Waals surface area contributed by atoms with Gasteiger partial charge in [-0.05, 0) is 122 Å². The highest BCUT2D eigenvalue weighted by atomic mass is 16.7. The van der Waals surface area contributed by atoms with E-state index in [9.17, 15) is 89.1 Å². The average Bonchev–Trinajstić information content (AvgIpc) is 1.74. The number of rotatable bonds is 68. The zero-order valence-corrected chi connectivity index (χ0v) is 71.9. The molecule has 13 N–H and O–H groups in total. The molecule has 119 heavy (non-hydrogen) atoms. The van der Waals surface area contributed by atoms with Crippen LogP contribution in [-0.2, 0) is 90.5 Å². The minimum absolute atomic E-state index is 0.0179. The molecule has 0 aliphatic carbocycles. The second kappa shape index (κ2) is 62.8. The van der Waals surface area contributed by atoms with Crippen LogP contribution in [0.25, 0.3) is 0 Å². The van der Waals surface area contributed by atoms with Gasteiger partial charge in [0.25, 0.3) is 0 Å². The van der Waals surface area contributed by atoms with E-state index in [-0.39, 0.29) is 150 Å². The monoisotopic (exact) mass is 1710 g/mol. The molecule has 0 radical (unpaired) electrons. The second-order valence-corrected chi connectivity index (χ2v) is 32.8. The molecule has 4 aliphatic heterocycles. The number of hydrogen-bond acceptors (Lipinski definition) is 29. The summed E-state index contributed by atoms with van der Waals surface area (Å²) in [7, 11) is 3.22. The molecule has 0 saturated carbocycles. The molecule has 5 amide bonds. The van der Waals surface area contributed by atoms with Crippen LogP contribution >= 0.6 is 0 Å². The second-order valence-electron chi connectivity index (χ2n) is 32.8. The number of methoxy groups -OCH3 is 2. The molecule has 4 heterocycles. The number of hydrogen-bond donors (Lipinski definition) is 13. The number of ketones is 2. The summed E-state index contributed by atoms with van der Waals surface area (Å²) in [4.78, 5) is 119. The fraction of sp³-hybridized carbons (Fsp3) is 0.894. The Balaban J connectivity index is 1.25. The van der Waals surface area contributed by atoms with Crippen molar-refractivity contribution in [3.8, 4) is 0 Å². The quantitative estimate of drug-likeness (QED) is 0.0206. The van der Waals surface area contributed by atoms with Crippen molar-refractivity contribution in [1.29, 1.82) is 0 Å². The van der Waals surface area contributed by atoms with Gasteiger partial charge >= 0.3 is 18.0 Å². The molecule has 690 valence electrons. The predicted molar refractivity (Wildman–Crippen MR) is 435 cm³/mol. The smallest absolute Gasteiger partial charge is 0.407 e. The van der Waals surface area contributed by atoms with Crippen molar-refractivity contribution >= 4 is 53.2 Å². The third-order valence-electron chi connectivity index (χ3n) is 22.9. The number of alkyl carbamates (subject to hydrolysis) is 1. The minimum Gasteiger partial charge on any atom is -0.466 e. The van der Waals surface area contributed by atoms with Crippen LogP contribution in [0.4, 0.5) is 4.79 Å². The average molecular weight is 1710 g/mol. The van der Waals surface area contributed by atoms with Crippen LogP contribution in [0.15, 0.2) is 0 Å². The summed E-state index contributed by atoms with van der Waals surface area (Å²) in [5.41, 5.74) is -0.887. The summed E-state index contributed by atoms with van der Waals surface area (Å²) >= 11 is 0. The molecular weight excluding hydrogens is 1550 g/mol. The summed E-state index contributed by atoms with van der Waals surface area (Å²) in [6.07, 6.45) is 7.32. The van der Waals surface area contributed by atoms with E-state index in [0.717, 1.165) is 77.0 Å². The van der Waals surface area contributed by atoms with E-state index in [1.54, 1.807) is 39.9 Å². The van der Waals surface area contributed by atoms with Gasteiger partial charge in [0.15, 0.2) is 18.9 Å². The lowest BCUT2D eigenvalue weighted by Gasteiger charge is -2.40. The fourth-order valence-electron chi connectivity index (χ4n) is 15.4. The number of likely N-dealkylation sites (tertiary alicyclic amines) is 1. The summed E-state index contributed by atoms with van der Waals surface area (Å²) in [6, 6.07) is -0.0838. The fourth-order valence-corrected chi connectivity index (χ4v) is 15.4. The molecule has 4 fully saturated rings. The van der Waals surface area contributed by atoms with Crippen molar-refractivity contribution in [1.82, 2.24) is 26.2 Å². The molecule has 34 heteroatoms. The van der Waals surface area contributed by atoms with E-state index >= 15 is 0 Å². The van der Waals surface area contributed by atoms with Crippen LogP contribution in [0.3, 0.4) is 0 Å². The van der Waals surface area contributed by atoms with Gasteiger partial charge in [-0.25, -0.2) is 4.79 Å². The Bertz CT molecular complexity index is 2720. The van der Waals surface area contributed by atoms with E-state index in [2.05, 4.69) is 21.3 Å². The first-order chi connectivity index (χ1) is 57.3. The van der Waals surface area contributed by atoms with Gasteiger partial charge in [-0.3, -0.25) is 38.4 Å². The molecule has 4 rings (SSSR count). The molecular formula is C85H151N5O29. The Kier molecular flexibility index (Phi) is 56.0. The Labute approximate surface area is 704 Å². The first kappa shape index (κ1) is 106. The summed E-state index contributed by atoms with van der Waals surface area (Å²) in [5.74, 6) is -2.86.